The van der Waals surface area contributed by atoms with E-state index in [9.17, 15) is 10.1 Å². The molecule has 0 spiro atoms. The molecule has 1 aliphatic rings. The molecule has 1 aromatic carbocycles. The largest absolute Gasteiger partial charge is 0.497 e. The Bertz CT molecular complexity index is 459. The summed E-state index contributed by atoms with van der Waals surface area (Å²) >= 11 is 0. The van der Waals surface area contributed by atoms with E-state index in [2.05, 4.69) is 0 Å². The number of allylic oxidation sites excluding steroid dienone is 1. The fourth-order valence-electron chi connectivity index (χ4n) is 2.73. The van der Waals surface area contributed by atoms with Crippen LogP contribution in [0.4, 0.5) is 0 Å². The summed E-state index contributed by atoms with van der Waals surface area (Å²) in [6, 6.07) is 7.52. The summed E-state index contributed by atoms with van der Waals surface area (Å²) in [5.74, 6) is 1.08. The van der Waals surface area contributed by atoms with Gasteiger partial charge in [0, 0.05) is 5.57 Å². The SMILES string of the molecule is COc1ccc(/C(=C/[N+](=O)[O-])C2CCCCC2)cc1. The number of benzene rings is 1. The third-order valence-electron chi connectivity index (χ3n) is 3.71. The Balaban J connectivity index is 2.28. The first-order valence-corrected chi connectivity index (χ1v) is 6.70. The lowest BCUT2D eigenvalue weighted by Gasteiger charge is -2.23. The Morgan fingerprint density at radius 1 is 1.26 bits per heavy atom. The molecule has 0 bridgehead atoms. The number of hydrogen-bond acceptors (Lipinski definition) is 3. The summed E-state index contributed by atoms with van der Waals surface area (Å²) in [5.41, 5.74) is 1.79. The maximum Gasteiger partial charge on any atom is 0.238 e. The highest BCUT2D eigenvalue weighted by Crippen LogP contribution is 2.35. The zero-order valence-corrected chi connectivity index (χ0v) is 11.2. The molecule has 2 rings (SSSR count). The summed E-state index contributed by atoms with van der Waals surface area (Å²) in [6.07, 6.45) is 6.84. The molecule has 0 radical (unpaired) electrons. The van der Waals surface area contributed by atoms with Gasteiger partial charge in [-0.05, 0) is 36.5 Å². The van der Waals surface area contributed by atoms with Gasteiger partial charge in [0.15, 0.2) is 0 Å². The molecule has 4 heteroatoms. The third-order valence-corrected chi connectivity index (χ3v) is 3.71. The number of nitrogens with zero attached hydrogens (tertiary/aromatic N) is 1. The quantitative estimate of drug-likeness (QED) is 0.610. The van der Waals surface area contributed by atoms with E-state index in [0.29, 0.717) is 5.92 Å². The molecule has 1 aromatic rings. The molecule has 0 N–H and O–H groups in total. The molecular weight excluding hydrogens is 242 g/mol. The smallest absolute Gasteiger partial charge is 0.238 e. The van der Waals surface area contributed by atoms with E-state index in [4.69, 9.17) is 4.74 Å². The molecule has 0 atom stereocenters. The number of methoxy groups -OCH3 is 1. The lowest BCUT2D eigenvalue weighted by atomic mass is 9.81. The van der Waals surface area contributed by atoms with Crippen molar-refractivity contribution in [3.8, 4) is 5.75 Å². The van der Waals surface area contributed by atoms with E-state index in [1.807, 2.05) is 24.3 Å². The molecule has 0 heterocycles. The highest BCUT2D eigenvalue weighted by atomic mass is 16.6. The van der Waals surface area contributed by atoms with E-state index in [-0.39, 0.29) is 4.92 Å². The standard InChI is InChI=1S/C15H19NO3/c1-19-14-9-7-13(8-10-14)15(11-16(17)18)12-5-3-2-4-6-12/h7-12H,2-6H2,1H3/b15-11+. The Morgan fingerprint density at radius 3 is 2.42 bits per heavy atom. The number of hydrogen-bond donors (Lipinski definition) is 0. The monoisotopic (exact) mass is 261 g/mol. The lowest BCUT2D eigenvalue weighted by molar-refractivity contribution is -0.401. The molecule has 0 aliphatic heterocycles. The van der Waals surface area contributed by atoms with Crippen molar-refractivity contribution in [2.75, 3.05) is 7.11 Å². The van der Waals surface area contributed by atoms with Crippen molar-refractivity contribution >= 4 is 5.57 Å². The maximum absolute atomic E-state index is 10.9. The minimum absolute atomic E-state index is 0.313. The Kier molecular flexibility index (Phi) is 4.55. The van der Waals surface area contributed by atoms with Gasteiger partial charge in [0.25, 0.3) is 0 Å². The van der Waals surface area contributed by atoms with Crippen molar-refractivity contribution in [3.63, 3.8) is 0 Å². The molecule has 0 saturated heterocycles. The van der Waals surface area contributed by atoms with E-state index < -0.39 is 0 Å². The van der Waals surface area contributed by atoms with Crippen LogP contribution in [0, 0.1) is 16.0 Å². The number of nitro groups is 1. The van der Waals surface area contributed by atoms with Gasteiger partial charge < -0.3 is 4.74 Å². The van der Waals surface area contributed by atoms with Crippen LogP contribution >= 0.6 is 0 Å². The van der Waals surface area contributed by atoms with Gasteiger partial charge in [-0.1, -0.05) is 31.4 Å². The van der Waals surface area contributed by atoms with Crippen LogP contribution in [0.1, 0.15) is 37.7 Å². The molecule has 1 fully saturated rings. The number of ether oxygens (including phenoxy) is 1. The molecule has 1 saturated carbocycles. The topological polar surface area (TPSA) is 52.4 Å². The van der Waals surface area contributed by atoms with Gasteiger partial charge in [-0.25, -0.2) is 0 Å². The second kappa shape index (κ2) is 6.36. The van der Waals surface area contributed by atoms with Gasteiger partial charge >= 0.3 is 0 Å². The van der Waals surface area contributed by atoms with Crippen LogP contribution < -0.4 is 4.74 Å². The molecule has 4 nitrogen and oxygen atoms in total. The second-order valence-corrected chi connectivity index (χ2v) is 4.93. The van der Waals surface area contributed by atoms with Crippen LogP contribution in [0.3, 0.4) is 0 Å². The first-order chi connectivity index (χ1) is 9.20. The van der Waals surface area contributed by atoms with Crippen LogP contribution in [0.5, 0.6) is 5.75 Å². The third kappa shape index (κ3) is 3.56. The summed E-state index contributed by atoms with van der Waals surface area (Å²) in [5, 5.41) is 10.9. The Labute approximate surface area is 113 Å². The maximum atomic E-state index is 10.9. The van der Waals surface area contributed by atoms with Crippen molar-refractivity contribution in [1.82, 2.24) is 0 Å². The molecular formula is C15H19NO3. The molecule has 0 aromatic heterocycles. The highest BCUT2D eigenvalue weighted by Gasteiger charge is 2.21. The van der Waals surface area contributed by atoms with Gasteiger partial charge in [-0.2, -0.15) is 0 Å². The summed E-state index contributed by atoms with van der Waals surface area (Å²) in [4.78, 5) is 10.5. The average molecular weight is 261 g/mol. The molecule has 102 valence electrons. The predicted molar refractivity (Wildman–Crippen MR) is 74.5 cm³/mol. The summed E-state index contributed by atoms with van der Waals surface area (Å²) in [7, 11) is 1.61. The van der Waals surface area contributed by atoms with Gasteiger partial charge in [0.1, 0.15) is 5.75 Å². The molecule has 19 heavy (non-hydrogen) atoms. The van der Waals surface area contributed by atoms with Crippen molar-refractivity contribution in [2.24, 2.45) is 5.92 Å². The molecule has 0 amide bonds. The van der Waals surface area contributed by atoms with Crippen LogP contribution in [0.15, 0.2) is 30.5 Å². The van der Waals surface area contributed by atoms with Crippen molar-refractivity contribution in [1.29, 1.82) is 0 Å². The van der Waals surface area contributed by atoms with Gasteiger partial charge in [-0.15, -0.1) is 0 Å². The minimum Gasteiger partial charge on any atom is -0.497 e. The van der Waals surface area contributed by atoms with Crippen molar-refractivity contribution in [2.45, 2.75) is 32.1 Å². The van der Waals surface area contributed by atoms with E-state index >= 15 is 0 Å². The van der Waals surface area contributed by atoms with Crippen molar-refractivity contribution in [3.05, 3.63) is 46.1 Å². The molecule has 1 aliphatic carbocycles. The summed E-state index contributed by atoms with van der Waals surface area (Å²) < 4.78 is 5.12. The Hall–Kier alpha value is -1.84. The van der Waals surface area contributed by atoms with E-state index in [0.717, 1.165) is 42.6 Å². The van der Waals surface area contributed by atoms with Gasteiger partial charge in [0.05, 0.1) is 12.0 Å². The van der Waals surface area contributed by atoms with E-state index in [1.165, 1.54) is 12.6 Å². The fourth-order valence-corrected chi connectivity index (χ4v) is 2.73. The summed E-state index contributed by atoms with van der Waals surface area (Å²) in [6.45, 7) is 0. The van der Waals surface area contributed by atoms with Gasteiger partial charge in [-0.3, -0.25) is 10.1 Å². The highest BCUT2D eigenvalue weighted by molar-refractivity contribution is 5.67. The van der Waals surface area contributed by atoms with E-state index in [1.54, 1.807) is 7.11 Å². The van der Waals surface area contributed by atoms with Crippen LogP contribution in [0.25, 0.3) is 5.57 Å². The minimum atomic E-state index is -0.339. The van der Waals surface area contributed by atoms with Crippen molar-refractivity contribution < 1.29 is 9.66 Å². The van der Waals surface area contributed by atoms with Crippen LogP contribution in [0.2, 0.25) is 0 Å². The average Bonchev–Trinajstić information content (AvgIpc) is 2.46. The zero-order chi connectivity index (χ0) is 13.7. The van der Waals surface area contributed by atoms with Crippen LogP contribution in [-0.4, -0.2) is 12.0 Å². The normalized spacial score (nSPS) is 17.2. The number of rotatable bonds is 4. The zero-order valence-electron chi connectivity index (χ0n) is 11.2. The second-order valence-electron chi connectivity index (χ2n) is 4.93. The fraction of sp³-hybridized carbons (Fsp3) is 0.467. The first kappa shape index (κ1) is 13.6. The molecule has 0 unspecified atom stereocenters. The van der Waals surface area contributed by atoms with Gasteiger partial charge in [0.2, 0.25) is 6.20 Å². The predicted octanol–water partition coefficient (Wildman–Crippen LogP) is 3.89. The Morgan fingerprint density at radius 2 is 1.89 bits per heavy atom. The van der Waals surface area contributed by atoms with Crippen LogP contribution in [-0.2, 0) is 0 Å². The lowest BCUT2D eigenvalue weighted by Crippen LogP contribution is -2.10. The first-order valence-electron chi connectivity index (χ1n) is 6.70.